The number of carbonyl (C=O) groups is 1. The molecule has 18 heavy (non-hydrogen) atoms. The number of nitrogen functional groups attached to an aromatic ring is 1. The molecule has 2 heterocycles. The van der Waals surface area contributed by atoms with E-state index in [0.29, 0.717) is 18.1 Å². The zero-order valence-electron chi connectivity index (χ0n) is 10.8. The molecule has 1 amide bonds. The van der Waals surface area contributed by atoms with Gasteiger partial charge in [0.2, 0.25) is 11.9 Å². The Morgan fingerprint density at radius 3 is 2.94 bits per heavy atom. The molecule has 0 aliphatic carbocycles. The second-order valence-electron chi connectivity index (χ2n) is 4.26. The lowest BCUT2D eigenvalue weighted by Gasteiger charge is -2.15. The van der Waals surface area contributed by atoms with Crippen LogP contribution in [0.25, 0.3) is 11.2 Å². The molecular weight excluding hydrogens is 230 g/mol. The average molecular weight is 247 g/mol. The summed E-state index contributed by atoms with van der Waals surface area (Å²) in [6.07, 6.45) is 1.70. The molecule has 0 bridgehead atoms. The molecular formula is C12H17N5O. The SMILES string of the molecule is CCN(C)C(=O)Cn1c(N)nc2c(C)ccnc21. The van der Waals surface area contributed by atoms with Crippen LogP contribution in [-0.2, 0) is 11.3 Å². The number of carbonyl (C=O) groups excluding carboxylic acids is 1. The predicted octanol–water partition coefficient (Wildman–Crippen LogP) is 0.800. The van der Waals surface area contributed by atoms with Gasteiger partial charge in [0, 0.05) is 19.8 Å². The number of aryl methyl sites for hydroxylation is 1. The molecule has 2 rings (SSSR count). The minimum atomic E-state index is -0.00759. The number of pyridine rings is 1. The monoisotopic (exact) mass is 247 g/mol. The van der Waals surface area contributed by atoms with Gasteiger partial charge in [-0.05, 0) is 25.5 Å². The van der Waals surface area contributed by atoms with E-state index in [9.17, 15) is 4.79 Å². The van der Waals surface area contributed by atoms with E-state index < -0.39 is 0 Å². The lowest BCUT2D eigenvalue weighted by molar-refractivity contribution is -0.130. The topological polar surface area (TPSA) is 77.0 Å². The van der Waals surface area contributed by atoms with Gasteiger partial charge < -0.3 is 10.6 Å². The van der Waals surface area contributed by atoms with Crippen molar-refractivity contribution in [2.75, 3.05) is 19.3 Å². The van der Waals surface area contributed by atoms with E-state index in [1.54, 1.807) is 22.7 Å². The number of anilines is 1. The van der Waals surface area contributed by atoms with Gasteiger partial charge in [0.1, 0.15) is 12.1 Å². The molecule has 0 atom stereocenters. The van der Waals surface area contributed by atoms with Gasteiger partial charge in [-0.1, -0.05) is 0 Å². The third-order valence-corrected chi connectivity index (χ3v) is 3.06. The van der Waals surface area contributed by atoms with Crippen LogP contribution in [-0.4, -0.2) is 38.9 Å². The average Bonchev–Trinajstić information content (AvgIpc) is 2.67. The van der Waals surface area contributed by atoms with Crippen molar-refractivity contribution in [2.45, 2.75) is 20.4 Å². The number of rotatable bonds is 3. The molecule has 6 heteroatoms. The van der Waals surface area contributed by atoms with Gasteiger partial charge in [0.05, 0.1) is 0 Å². The Morgan fingerprint density at radius 2 is 2.28 bits per heavy atom. The van der Waals surface area contributed by atoms with Crippen LogP contribution in [0.1, 0.15) is 12.5 Å². The number of nitrogens with two attached hydrogens (primary N) is 1. The van der Waals surface area contributed by atoms with Gasteiger partial charge in [0.15, 0.2) is 5.65 Å². The van der Waals surface area contributed by atoms with Gasteiger partial charge in [-0.25, -0.2) is 9.97 Å². The Bertz CT molecular complexity index is 589. The highest BCUT2D eigenvalue weighted by molar-refractivity contribution is 5.82. The molecule has 96 valence electrons. The van der Waals surface area contributed by atoms with Gasteiger partial charge in [-0.3, -0.25) is 9.36 Å². The first kappa shape index (κ1) is 12.3. The summed E-state index contributed by atoms with van der Waals surface area (Å²) in [6.45, 7) is 4.71. The van der Waals surface area contributed by atoms with E-state index in [1.807, 2.05) is 19.9 Å². The fourth-order valence-corrected chi connectivity index (χ4v) is 1.74. The van der Waals surface area contributed by atoms with Gasteiger partial charge in [-0.2, -0.15) is 0 Å². The highest BCUT2D eigenvalue weighted by Crippen LogP contribution is 2.18. The maximum absolute atomic E-state index is 11.9. The zero-order chi connectivity index (χ0) is 13.3. The number of aromatic nitrogens is 3. The summed E-state index contributed by atoms with van der Waals surface area (Å²) in [5.41, 5.74) is 8.26. The van der Waals surface area contributed by atoms with Crippen LogP contribution in [0.4, 0.5) is 5.95 Å². The van der Waals surface area contributed by atoms with Gasteiger partial charge in [0.25, 0.3) is 0 Å². The van der Waals surface area contributed by atoms with Crippen molar-refractivity contribution in [2.24, 2.45) is 0 Å². The molecule has 0 saturated heterocycles. The number of likely N-dealkylation sites (N-methyl/N-ethyl adjacent to an activating group) is 1. The first-order chi connectivity index (χ1) is 8.54. The van der Waals surface area contributed by atoms with E-state index >= 15 is 0 Å². The minimum absolute atomic E-state index is 0.00759. The molecule has 0 unspecified atom stereocenters. The van der Waals surface area contributed by atoms with Crippen LogP contribution in [0, 0.1) is 6.92 Å². The van der Waals surface area contributed by atoms with Crippen molar-refractivity contribution in [3.63, 3.8) is 0 Å². The summed E-state index contributed by atoms with van der Waals surface area (Å²) in [7, 11) is 1.76. The normalized spacial score (nSPS) is 10.8. The highest BCUT2D eigenvalue weighted by Gasteiger charge is 2.15. The number of amides is 1. The summed E-state index contributed by atoms with van der Waals surface area (Å²) in [5.74, 6) is 0.316. The number of hydrogen-bond donors (Lipinski definition) is 1. The summed E-state index contributed by atoms with van der Waals surface area (Å²) < 4.78 is 1.65. The fourth-order valence-electron chi connectivity index (χ4n) is 1.74. The molecule has 2 N–H and O–H groups in total. The number of imidazole rings is 1. The lowest BCUT2D eigenvalue weighted by Crippen LogP contribution is -2.30. The summed E-state index contributed by atoms with van der Waals surface area (Å²) in [6, 6.07) is 1.87. The Hall–Kier alpha value is -2.11. The molecule has 0 radical (unpaired) electrons. The predicted molar refractivity (Wildman–Crippen MR) is 70.0 cm³/mol. The van der Waals surface area contributed by atoms with Crippen LogP contribution < -0.4 is 5.73 Å². The third kappa shape index (κ3) is 2.01. The largest absolute Gasteiger partial charge is 0.369 e. The second-order valence-corrected chi connectivity index (χ2v) is 4.26. The van der Waals surface area contributed by atoms with Crippen LogP contribution >= 0.6 is 0 Å². The number of nitrogens with zero attached hydrogens (tertiary/aromatic N) is 4. The van der Waals surface area contributed by atoms with Crippen molar-refractivity contribution in [3.8, 4) is 0 Å². The summed E-state index contributed by atoms with van der Waals surface area (Å²) in [5, 5.41) is 0. The molecule has 0 aliphatic rings. The first-order valence-corrected chi connectivity index (χ1v) is 5.85. The molecule has 0 aliphatic heterocycles. The molecule has 6 nitrogen and oxygen atoms in total. The fraction of sp³-hybridized carbons (Fsp3) is 0.417. The second kappa shape index (κ2) is 4.64. The Balaban J connectivity index is 2.42. The molecule has 2 aromatic heterocycles. The Labute approximate surface area is 105 Å². The number of fused-ring (bicyclic) bond motifs is 1. The van der Waals surface area contributed by atoms with Crippen molar-refractivity contribution in [1.29, 1.82) is 0 Å². The molecule has 0 aromatic carbocycles. The molecule has 2 aromatic rings. The van der Waals surface area contributed by atoms with Crippen LogP contribution in [0.2, 0.25) is 0 Å². The molecule has 0 saturated carbocycles. The summed E-state index contributed by atoms with van der Waals surface area (Å²) >= 11 is 0. The maximum Gasteiger partial charge on any atom is 0.242 e. The van der Waals surface area contributed by atoms with E-state index in [0.717, 1.165) is 11.1 Å². The van der Waals surface area contributed by atoms with Gasteiger partial charge in [-0.15, -0.1) is 0 Å². The van der Waals surface area contributed by atoms with Crippen molar-refractivity contribution in [1.82, 2.24) is 19.4 Å². The Kier molecular flexibility index (Phi) is 3.18. The van der Waals surface area contributed by atoms with Crippen LogP contribution in [0.5, 0.6) is 0 Å². The third-order valence-electron chi connectivity index (χ3n) is 3.06. The standard InChI is InChI=1S/C12H17N5O/c1-4-16(3)9(18)7-17-11-10(15-12(17)13)8(2)5-6-14-11/h5-6H,4,7H2,1-3H3,(H2,13,15). The van der Waals surface area contributed by atoms with E-state index in [-0.39, 0.29) is 12.5 Å². The van der Waals surface area contributed by atoms with E-state index in [2.05, 4.69) is 9.97 Å². The quantitative estimate of drug-likeness (QED) is 0.870. The molecule has 0 spiro atoms. The zero-order valence-corrected chi connectivity index (χ0v) is 10.8. The van der Waals surface area contributed by atoms with Crippen LogP contribution in [0.3, 0.4) is 0 Å². The maximum atomic E-state index is 11.9. The van der Waals surface area contributed by atoms with E-state index in [4.69, 9.17) is 5.73 Å². The minimum Gasteiger partial charge on any atom is -0.369 e. The van der Waals surface area contributed by atoms with Crippen molar-refractivity contribution in [3.05, 3.63) is 17.8 Å². The highest BCUT2D eigenvalue weighted by atomic mass is 16.2. The van der Waals surface area contributed by atoms with Crippen LogP contribution in [0.15, 0.2) is 12.3 Å². The number of hydrogen-bond acceptors (Lipinski definition) is 4. The van der Waals surface area contributed by atoms with Gasteiger partial charge >= 0.3 is 0 Å². The first-order valence-electron chi connectivity index (χ1n) is 5.85. The lowest BCUT2D eigenvalue weighted by atomic mass is 10.3. The summed E-state index contributed by atoms with van der Waals surface area (Å²) in [4.78, 5) is 22.1. The van der Waals surface area contributed by atoms with Crippen molar-refractivity contribution < 1.29 is 4.79 Å². The molecule has 0 fully saturated rings. The Morgan fingerprint density at radius 1 is 1.56 bits per heavy atom. The van der Waals surface area contributed by atoms with E-state index in [1.165, 1.54) is 0 Å². The van der Waals surface area contributed by atoms with Crippen molar-refractivity contribution >= 4 is 23.0 Å². The smallest absolute Gasteiger partial charge is 0.242 e.